The first-order valence-corrected chi connectivity index (χ1v) is 6.13. The first-order valence-electron chi connectivity index (χ1n) is 6.13. The van der Waals surface area contributed by atoms with Crippen LogP contribution in [-0.4, -0.2) is 4.57 Å². The summed E-state index contributed by atoms with van der Waals surface area (Å²) in [6.45, 7) is 0. The van der Waals surface area contributed by atoms with Crippen molar-refractivity contribution in [3.63, 3.8) is 0 Å². The third-order valence-electron chi connectivity index (χ3n) is 3.42. The van der Waals surface area contributed by atoms with Crippen molar-refractivity contribution in [2.75, 3.05) is 5.73 Å². The van der Waals surface area contributed by atoms with Gasteiger partial charge in [-0.1, -0.05) is 42.5 Å². The van der Waals surface area contributed by atoms with Crippen molar-refractivity contribution in [3.8, 4) is 11.1 Å². The molecule has 0 bridgehead atoms. The Morgan fingerprint density at radius 3 is 2.32 bits per heavy atom. The lowest BCUT2D eigenvalue weighted by Gasteiger charge is -2.13. The summed E-state index contributed by atoms with van der Waals surface area (Å²) in [5, 5.41) is 0.693. The molecule has 0 unspecified atom stereocenters. The molecule has 0 aliphatic heterocycles. The predicted octanol–water partition coefficient (Wildman–Crippen LogP) is 2.79. The van der Waals surface area contributed by atoms with E-state index in [0.717, 1.165) is 11.1 Å². The van der Waals surface area contributed by atoms with Gasteiger partial charge in [0.05, 0.1) is 11.1 Å². The van der Waals surface area contributed by atoms with Crippen molar-refractivity contribution >= 4 is 16.7 Å². The Balaban J connectivity index is 2.48. The van der Waals surface area contributed by atoms with E-state index in [1.54, 1.807) is 0 Å². The summed E-state index contributed by atoms with van der Waals surface area (Å²) >= 11 is 0. The van der Waals surface area contributed by atoms with E-state index in [2.05, 4.69) is 0 Å². The number of nitrogens with zero attached hydrogens (tertiary/aromatic N) is 1. The summed E-state index contributed by atoms with van der Waals surface area (Å²) in [6, 6.07) is 17.1. The molecule has 3 nitrogen and oxygen atoms in total. The van der Waals surface area contributed by atoms with Crippen LogP contribution in [0.5, 0.6) is 0 Å². The average molecular weight is 250 g/mol. The normalized spacial score (nSPS) is 10.8. The van der Waals surface area contributed by atoms with Gasteiger partial charge in [-0.3, -0.25) is 4.79 Å². The summed E-state index contributed by atoms with van der Waals surface area (Å²) in [5.41, 5.74) is 8.40. The zero-order valence-corrected chi connectivity index (χ0v) is 10.6. The number of fused-ring (bicyclic) bond motifs is 1. The second kappa shape index (κ2) is 4.28. The number of para-hydroxylation sites is 1. The van der Waals surface area contributed by atoms with Gasteiger partial charge in [0.15, 0.2) is 5.43 Å². The second-order valence-corrected chi connectivity index (χ2v) is 4.53. The molecular formula is C16H14N2O. The highest BCUT2D eigenvalue weighted by Gasteiger charge is 2.13. The number of hydrogen-bond donors (Lipinski definition) is 1. The Hall–Kier alpha value is -2.55. The van der Waals surface area contributed by atoms with Crippen molar-refractivity contribution < 1.29 is 0 Å². The summed E-state index contributed by atoms with van der Waals surface area (Å²) in [7, 11) is 1.88. The fourth-order valence-electron chi connectivity index (χ4n) is 2.39. The van der Waals surface area contributed by atoms with Gasteiger partial charge in [0, 0.05) is 12.4 Å². The van der Waals surface area contributed by atoms with Gasteiger partial charge >= 0.3 is 0 Å². The summed E-state index contributed by atoms with van der Waals surface area (Å²) < 4.78 is 1.86. The predicted molar refractivity (Wildman–Crippen MR) is 79.0 cm³/mol. The highest BCUT2D eigenvalue weighted by Crippen LogP contribution is 2.25. The van der Waals surface area contributed by atoms with Crippen molar-refractivity contribution in [2.45, 2.75) is 0 Å². The van der Waals surface area contributed by atoms with Crippen molar-refractivity contribution in [3.05, 3.63) is 64.8 Å². The summed E-state index contributed by atoms with van der Waals surface area (Å²) in [4.78, 5) is 12.6. The molecule has 0 amide bonds. The summed E-state index contributed by atoms with van der Waals surface area (Å²) in [6.07, 6.45) is 0. The highest BCUT2D eigenvalue weighted by molar-refractivity contribution is 5.89. The summed E-state index contributed by atoms with van der Waals surface area (Å²) in [5.74, 6) is 0.495. The maximum absolute atomic E-state index is 12.6. The number of anilines is 1. The number of benzene rings is 2. The van der Waals surface area contributed by atoms with Gasteiger partial charge in [0.2, 0.25) is 0 Å². The van der Waals surface area contributed by atoms with Gasteiger partial charge in [-0.15, -0.1) is 0 Å². The minimum atomic E-state index is -0.0163. The maximum Gasteiger partial charge on any atom is 0.199 e. The molecule has 3 aromatic rings. The first-order chi connectivity index (χ1) is 9.20. The second-order valence-electron chi connectivity index (χ2n) is 4.53. The molecule has 0 spiro atoms. The molecule has 0 radical (unpaired) electrons. The third-order valence-corrected chi connectivity index (χ3v) is 3.42. The third kappa shape index (κ3) is 1.71. The van der Waals surface area contributed by atoms with Gasteiger partial charge in [0.1, 0.15) is 5.82 Å². The first kappa shape index (κ1) is 11.5. The molecule has 1 aromatic heterocycles. The van der Waals surface area contributed by atoms with Crippen molar-refractivity contribution in [1.29, 1.82) is 0 Å². The van der Waals surface area contributed by atoms with Crippen LogP contribution in [0.1, 0.15) is 0 Å². The molecule has 0 fully saturated rings. The molecule has 1 heterocycles. The van der Waals surface area contributed by atoms with E-state index < -0.39 is 0 Å². The minimum absolute atomic E-state index is 0.0163. The smallest absolute Gasteiger partial charge is 0.199 e. The quantitative estimate of drug-likeness (QED) is 0.722. The van der Waals surface area contributed by atoms with Crippen LogP contribution >= 0.6 is 0 Å². The van der Waals surface area contributed by atoms with Crippen LogP contribution in [0.15, 0.2) is 59.4 Å². The minimum Gasteiger partial charge on any atom is -0.384 e. The number of aryl methyl sites for hydroxylation is 1. The molecule has 0 saturated carbocycles. The van der Waals surface area contributed by atoms with Crippen LogP contribution in [-0.2, 0) is 7.05 Å². The lowest BCUT2D eigenvalue weighted by atomic mass is 10.0. The number of nitrogen functional groups attached to an aromatic ring is 1. The molecule has 0 aliphatic carbocycles. The lowest BCUT2D eigenvalue weighted by Crippen LogP contribution is -2.15. The fourth-order valence-corrected chi connectivity index (χ4v) is 2.39. The van der Waals surface area contributed by atoms with E-state index in [1.807, 2.05) is 66.2 Å². The van der Waals surface area contributed by atoms with E-state index in [1.165, 1.54) is 0 Å². The van der Waals surface area contributed by atoms with E-state index in [0.29, 0.717) is 16.8 Å². The van der Waals surface area contributed by atoms with Crippen LogP contribution in [0.25, 0.3) is 22.0 Å². The van der Waals surface area contributed by atoms with E-state index in [4.69, 9.17) is 5.73 Å². The van der Waals surface area contributed by atoms with Crippen LogP contribution in [0.4, 0.5) is 5.82 Å². The molecule has 2 aromatic carbocycles. The average Bonchev–Trinajstić information content (AvgIpc) is 2.46. The maximum atomic E-state index is 12.6. The lowest BCUT2D eigenvalue weighted by molar-refractivity contribution is 0.967. The number of rotatable bonds is 1. The Kier molecular flexibility index (Phi) is 2.60. The van der Waals surface area contributed by atoms with Crippen LogP contribution in [0, 0.1) is 0 Å². The van der Waals surface area contributed by atoms with E-state index in [9.17, 15) is 4.79 Å². The zero-order valence-electron chi connectivity index (χ0n) is 10.6. The van der Waals surface area contributed by atoms with Crippen LogP contribution in [0.3, 0.4) is 0 Å². The number of aromatic nitrogens is 1. The van der Waals surface area contributed by atoms with Crippen LogP contribution in [0.2, 0.25) is 0 Å². The molecule has 2 N–H and O–H groups in total. The molecule has 0 atom stereocenters. The molecule has 94 valence electrons. The number of nitrogens with two attached hydrogens (primary N) is 1. The van der Waals surface area contributed by atoms with Crippen LogP contribution < -0.4 is 11.2 Å². The van der Waals surface area contributed by atoms with Crippen molar-refractivity contribution in [2.24, 2.45) is 7.05 Å². The molecule has 0 aliphatic rings. The standard InChI is InChI=1S/C16H14N2O/c1-18-13-10-6-5-9-12(13)15(19)14(16(18)17)11-7-3-2-4-8-11/h2-10H,17H2,1H3. The molecule has 0 saturated heterocycles. The van der Waals surface area contributed by atoms with E-state index in [-0.39, 0.29) is 5.43 Å². The molecule has 19 heavy (non-hydrogen) atoms. The molecular weight excluding hydrogens is 236 g/mol. The SMILES string of the molecule is Cn1c(N)c(-c2ccccc2)c(=O)c2ccccc21. The Morgan fingerprint density at radius 2 is 1.58 bits per heavy atom. The number of hydrogen-bond acceptors (Lipinski definition) is 2. The van der Waals surface area contributed by atoms with E-state index >= 15 is 0 Å². The largest absolute Gasteiger partial charge is 0.384 e. The zero-order chi connectivity index (χ0) is 13.4. The van der Waals surface area contributed by atoms with Gasteiger partial charge in [-0.2, -0.15) is 0 Å². The van der Waals surface area contributed by atoms with Gasteiger partial charge in [-0.25, -0.2) is 0 Å². The number of pyridine rings is 1. The monoisotopic (exact) mass is 250 g/mol. The van der Waals surface area contributed by atoms with Gasteiger partial charge < -0.3 is 10.3 Å². The fraction of sp³-hybridized carbons (Fsp3) is 0.0625. The van der Waals surface area contributed by atoms with Gasteiger partial charge in [0.25, 0.3) is 0 Å². The Labute approximate surface area is 110 Å². The van der Waals surface area contributed by atoms with Crippen molar-refractivity contribution in [1.82, 2.24) is 4.57 Å². The van der Waals surface area contributed by atoms with Gasteiger partial charge in [-0.05, 0) is 17.7 Å². The Morgan fingerprint density at radius 1 is 0.947 bits per heavy atom. The highest BCUT2D eigenvalue weighted by atomic mass is 16.1. The topological polar surface area (TPSA) is 48.0 Å². The Bertz CT molecular complexity index is 804. The molecule has 3 rings (SSSR count). The molecule has 3 heteroatoms.